The van der Waals surface area contributed by atoms with Crippen molar-refractivity contribution in [1.82, 2.24) is 10.6 Å². The first-order valence-corrected chi connectivity index (χ1v) is 6.43. The van der Waals surface area contributed by atoms with Crippen LogP contribution in [-0.2, 0) is 17.8 Å². The van der Waals surface area contributed by atoms with Crippen LogP contribution in [0, 0.1) is 0 Å². The summed E-state index contributed by atoms with van der Waals surface area (Å²) in [5, 5.41) is 13.8. The quantitative estimate of drug-likeness (QED) is 0.658. The van der Waals surface area contributed by atoms with Gasteiger partial charge in [0.05, 0.1) is 0 Å². The van der Waals surface area contributed by atoms with Gasteiger partial charge in [0.1, 0.15) is 0 Å². The van der Waals surface area contributed by atoms with Crippen molar-refractivity contribution in [3.05, 3.63) is 35.4 Å². The van der Waals surface area contributed by atoms with E-state index in [1.165, 1.54) is 5.56 Å². The molecule has 0 aliphatic heterocycles. The van der Waals surface area contributed by atoms with Crippen LogP contribution in [0.2, 0.25) is 0 Å². The summed E-state index contributed by atoms with van der Waals surface area (Å²) in [6, 6.07) is 7.79. The van der Waals surface area contributed by atoms with E-state index in [2.05, 4.69) is 17.6 Å². The molecule has 0 radical (unpaired) electrons. The lowest BCUT2D eigenvalue weighted by Crippen LogP contribution is -2.35. The summed E-state index contributed by atoms with van der Waals surface area (Å²) in [4.78, 5) is 21.7. The Hall–Kier alpha value is -2.04. The lowest BCUT2D eigenvalue weighted by molar-refractivity contribution is -0.137. The molecular weight excluding hydrogens is 244 g/mol. The molecule has 0 atom stereocenters. The smallest absolute Gasteiger partial charge is 0.315 e. The second-order valence-corrected chi connectivity index (χ2v) is 4.28. The van der Waals surface area contributed by atoms with Gasteiger partial charge in [-0.05, 0) is 24.0 Å². The van der Waals surface area contributed by atoms with Crippen LogP contribution in [0.25, 0.3) is 0 Å². The van der Waals surface area contributed by atoms with E-state index in [1.54, 1.807) is 0 Å². The van der Waals surface area contributed by atoms with Crippen LogP contribution in [0.5, 0.6) is 0 Å². The first kappa shape index (κ1) is 15.0. The molecule has 3 N–H and O–H groups in total. The highest BCUT2D eigenvalue weighted by atomic mass is 16.4. The third kappa shape index (κ3) is 6.45. The molecule has 0 saturated carbocycles. The number of carboxylic acid groups (broad SMARTS) is 1. The van der Waals surface area contributed by atoms with Crippen LogP contribution in [0.3, 0.4) is 0 Å². The van der Waals surface area contributed by atoms with Crippen LogP contribution in [-0.4, -0.2) is 23.7 Å². The third-order valence-corrected chi connectivity index (χ3v) is 2.74. The summed E-state index contributed by atoms with van der Waals surface area (Å²) < 4.78 is 0. The molecule has 2 amide bonds. The lowest BCUT2D eigenvalue weighted by Gasteiger charge is -2.07. The second kappa shape index (κ2) is 8.13. The number of carbonyl (C=O) groups excluding carboxylic acids is 1. The van der Waals surface area contributed by atoms with Crippen molar-refractivity contribution in [1.29, 1.82) is 0 Å². The molecule has 0 aliphatic rings. The summed E-state index contributed by atoms with van der Waals surface area (Å²) >= 11 is 0. The number of amides is 2. The Balaban J connectivity index is 2.20. The van der Waals surface area contributed by atoms with E-state index < -0.39 is 5.97 Å². The van der Waals surface area contributed by atoms with Gasteiger partial charge in [-0.2, -0.15) is 0 Å². The van der Waals surface area contributed by atoms with Crippen molar-refractivity contribution in [3.63, 3.8) is 0 Å². The number of carboxylic acids is 1. The summed E-state index contributed by atoms with van der Waals surface area (Å²) in [6.45, 7) is 2.93. The highest BCUT2D eigenvalue weighted by Gasteiger charge is 2.01. The molecular formula is C14H20N2O3. The van der Waals surface area contributed by atoms with Crippen molar-refractivity contribution in [2.24, 2.45) is 0 Å². The Kier molecular flexibility index (Phi) is 6.43. The van der Waals surface area contributed by atoms with Gasteiger partial charge in [-0.3, -0.25) is 4.79 Å². The Labute approximate surface area is 113 Å². The molecule has 0 aromatic heterocycles. The second-order valence-electron chi connectivity index (χ2n) is 4.28. The number of rotatable bonds is 7. The zero-order valence-corrected chi connectivity index (χ0v) is 11.1. The fourth-order valence-electron chi connectivity index (χ4n) is 1.58. The summed E-state index contributed by atoms with van der Waals surface area (Å²) in [5.74, 6) is -0.849. The molecule has 0 bridgehead atoms. The van der Waals surface area contributed by atoms with Crippen molar-refractivity contribution >= 4 is 12.0 Å². The highest BCUT2D eigenvalue weighted by Crippen LogP contribution is 2.04. The van der Waals surface area contributed by atoms with Gasteiger partial charge in [0, 0.05) is 19.5 Å². The van der Waals surface area contributed by atoms with Crippen molar-refractivity contribution in [3.8, 4) is 0 Å². The number of aliphatic carboxylic acids is 1. The van der Waals surface area contributed by atoms with Gasteiger partial charge in [0.2, 0.25) is 0 Å². The fourth-order valence-corrected chi connectivity index (χ4v) is 1.58. The minimum atomic E-state index is -0.849. The third-order valence-electron chi connectivity index (χ3n) is 2.74. The number of hydrogen-bond acceptors (Lipinski definition) is 2. The maximum absolute atomic E-state index is 11.4. The van der Waals surface area contributed by atoms with Crippen LogP contribution >= 0.6 is 0 Å². The Morgan fingerprint density at radius 3 is 2.32 bits per heavy atom. The number of aryl methyl sites for hydroxylation is 1. The number of hydrogen-bond donors (Lipinski definition) is 3. The number of carbonyl (C=O) groups is 2. The molecule has 5 heteroatoms. The van der Waals surface area contributed by atoms with E-state index in [9.17, 15) is 9.59 Å². The average molecular weight is 264 g/mol. The molecule has 104 valence electrons. The molecule has 0 aliphatic carbocycles. The predicted octanol–water partition coefficient (Wildman–Crippen LogP) is 1.91. The summed E-state index contributed by atoms with van der Waals surface area (Å²) in [6.07, 6.45) is 1.50. The molecule has 0 saturated heterocycles. The molecule has 19 heavy (non-hydrogen) atoms. The SMILES string of the molecule is CCc1ccc(CNC(=O)NCCCC(=O)O)cc1. The molecule has 1 aromatic rings. The number of urea groups is 1. The van der Waals surface area contributed by atoms with Crippen molar-refractivity contribution < 1.29 is 14.7 Å². The maximum Gasteiger partial charge on any atom is 0.315 e. The van der Waals surface area contributed by atoms with Gasteiger partial charge < -0.3 is 15.7 Å². The van der Waals surface area contributed by atoms with Crippen LogP contribution in [0.1, 0.15) is 30.9 Å². The van der Waals surface area contributed by atoms with Crippen molar-refractivity contribution in [2.75, 3.05) is 6.54 Å². The Bertz CT molecular complexity index is 415. The maximum atomic E-state index is 11.4. The number of nitrogens with one attached hydrogen (secondary N) is 2. The highest BCUT2D eigenvalue weighted by molar-refractivity contribution is 5.73. The Morgan fingerprint density at radius 2 is 1.74 bits per heavy atom. The largest absolute Gasteiger partial charge is 0.481 e. The zero-order valence-electron chi connectivity index (χ0n) is 11.1. The van der Waals surface area contributed by atoms with E-state index in [0.29, 0.717) is 19.5 Å². The topological polar surface area (TPSA) is 78.4 Å². The molecule has 0 unspecified atom stereocenters. The van der Waals surface area contributed by atoms with Gasteiger partial charge in [-0.1, -0.05) is 31.2 Å². The normalized spacial score (nSPS) is 9.95. The van der Waals surface area contributed by atoms with Crippen LogP contribution in [0.4, 0.5) is 4.79 Å². The molecule has 1 rings (SSSR count). The van der Waals surface area contributed by atoms with E-state index in [4.69, 9.17) is 5.11 Å². The van der Waals surface area contributed by atoms with Gasteiger partial charge >= 0.3 is 12.0 Å². The molecule has 0 fully saturated rings. The average Bonchev–Trinajstić information content (AvgIpc) is 2.41. The van der Waals surface area contributed by atoms with E-state index in [1.807, 2.05) is 24.3 Å². The van der Waals surface area contributed by atoms with Gasteiger partial charge in [-0.25, -0.2) is 4.79 Å². The molecule has 0 heterocycles. The lowest BCUT2D eigenvalue weighted by atomic mass is 10.1. The minimum Gasteiger partial charge on any atom is -0.481 e. The first-order valence-electron chi connectivity index (χ1n) is 6.43. The molecule has 5 nitrogen and oxygen atoms in total. The van der Waals surface area contributed by atoms with E-state index in [0.717, 1.165) is 12.0 Å². The van der Waals surface area contributed by atoms with Crippen molar-refractivity contribution in [2.45, 2.75) is 32.7 Å². The van der Waals surface area contributed by atoms with Crippen LogP contribution < -0.4 is 10.6 Å². The summed E-state index contributed by atoms with van der Waals surface area (Å²) in [7, 11) is 0. The Morgan fingerprint density at radius 1 is 1.11 bits per heavy atom. The van der Waals surface area contributed by atoms with E-state index >= 15 is 0 Å². The van der Waals surface area contributed by atoms with Gasteiger partial charge in [0.15, 0.2) is 0 Å². The molecule has 0 spiro atoms. The van der Waals surface area contributed by atoms with Crippen LogP contribution in [0.15, 0.2) is 24.3 Å². The molecule has 1 aromatic carbocycles. The van der Waals surface area contributed by atoms with Gasteiger partial charge in [0.25, 0.3) is 0 Å². The zero-order chi connectivity index (χ0) is 14.1. The standard InChI is InChI=1S/C14H20N2O3/c1-2-11-5-7-12(8-6-11)10-16-14(19)15-9-3-4-13(17)18/h5-8H,2-4,9-10H2,1H3,(H,17,18)(H2,15,16,19). The summed E-state index contributed by atoms with van der Waals surface area (Å²) in [5.41, 5.74) is 2.31. The monoisotopic (exact) mass is 264 g/mol. The van der Waals surface area contributed by atoms with Gasteiger partial charge in [-0.15, -0.1) is 0 Å². The first-order chi connectivity index (χ1) is 9.11. The van der Waals surface area contributed by atoms with E-state index in [-0.39, 0.29) is 12.5 Å². The predicted molar refractivity (Wildman–Crippen MR) is 72.9 cm³/mol. The number of benzene rings is 1. The minimum absolute atomic E-state index is 0.0682. The fraction of sp³-hybridized carbons (Fsp3) is 0.429.